The summed E-state index contributed by atoms with van der Waals surface area (Å²) in [4.78, 5) is 56.1. The molecule has 12 heteroatoms. The minimum atomic E-state index is -0.692. The van der Waals surface area contributed by atoms with Crippen molar-refractivity contribution in [2.45, 2.75) is 273 Å². The zero-order valence-corrected chi connectivity index (χ0v) is 47.0. The fourth-order valence-electron chi connectivity index (χ4n) is 8.90. The zero-order chi connectivity index (χ0) is 51.7. The van der Waals surface area contributed by atoms with E-state index in [2.05, 4.69) is 65.3 Å². The Morgan fingerprint density at radius 3 is 1.07 bits per heavy atom. The second-order valence-corrected chi connectivity index (χ2v) is 20.3. The van der Waals surface area contributed by atoms with E-state index in [0.717, 1.165) is 116 Å². The smallest absolute Gasteiger partial charge is 0.465 e. The van der Waals surface area contributed by atoms with Crippen LogP contribution in [0.15, 0.2) is 0 Å². The maximum Gasteiger partial charge on any atom is 0.508 e. The zero-order valence-electron chi connectivity index (χ0n) is 47.0. The summed E-state index contributed by atoms with van der Waals surface area (Å²) < 4.78 is 34.5. The van der Waals surface area contributed by atoms with Crippen molar-refractivity contribution >= 4 is 24.2 Å². The summed E-state index contributed by atoms with van der Waals surface area (Å²) in [6, 6.07) is 0. The number of carbonyl (C=O) groups is 4. The van der Waals surface area contributed by atoms with Gasteiger partial charge in [0, 0.05) is 25.9 Å². The third kappa shape index (κ3) is 43.0. The number of rotatable bonds is 51. The van der Waals surface area contributed by atoms with E-state index in [1.54, 1.807) is 0 Å². The second kappa shape index (κ2) is 50.0. The number of hydrogen-bond acceptors (Lipinski definition) is 12. The second-order valence-electron chi connectivity index (χ2n) is 20.3. The summed E-state index contributed by atoms with van der Waals surface area (Å²) in [7, 11) is 2.09. The summed E-state index contributed by atoms with van der Waals surface area (Å²) in [5.74, 6) is 0.514. The molecule has 0 aromatic heterocycles. The molecule has 0 aliphatic heterocycles. The molecule has 0 N–H and O–H groups in total. The van der Waals surface area contributed by atoms with Crippen LogP contribution in [0.2, 0.25) is 0 Å². The van der Waals surface area contributed by atoms with Crippen molar-refractivity contribution in [3.63, 3.8) is 0 Å². The summed E-state index contributed by atoms with van der Waals surface area (Å²) in [5.41, 5.74) is 0. The van der Waals surface area contributed by atoms with Crippen molar-refractivity contribution in [2.75, 3.05) is 66.2 Å². The predicted molar refractivity (Wildman–Crippen MR) is 287 cm³/mol. The minimum absolute atomic E-state index is 0.139. The van der Waals surface area contributed by atoms with Gasteiger partial charge in [0.15, 0.2) is 0 Å². The van der Waals surface area contributed by atoms with Gasteiger partial charge in [0.1, 0.15) is 25.4 Å². The molecule has 12 nitrogen and oxygen atoms in total. The summed E-state index contributed by atoms with van der Waals surface area (Å²) in [6.07, 6.45) is 30.6. The molecule has 0 radical (unpaired) electrons. The Morgan fingerprint density at radius 1 is 0.371 bits per heavy atom. The molecule has 414 valence electrons. The number of esters is 2. The summed E-state index contributed by atoms with van der Waals surface area (Å²) in [5, 5.41) is 0. The molecule has 0 fully saturated rings. The molecule has 0 aliphatic rings. The minimum Gasteiger partial charge on any atom is -0.465 e. The lowest BCUT2D eigenvalue weighted by molar-refractivity contribution is -0.146. The molecule has 0 aromatic rings. The van der Waals surface area contributed by atoms with Gasteiger partial charge in [0.2, 0.25) is 0 Å². The quantitative estimate of drug-likeness (QED) is 0.0327. The van der Waals surface area contributed by atoms with Crippen molar-refractivity contribution in [2.24, 2.45) is 11.8 Å². The van der Waals surface area contributed by atoms with Crippen molar-refractivity contribution < 1.29 is 47.6 Å². The molecule has 0 aromatic carbocycles. The molecule has 2 unspecified atom stereocenters. The summed E-state index contributed by atoms with van der Waals surface area (Å²) in [6.45, 7) is 20.1. The number of hydrogen-bond donors (Lipinski definition) is 0. The Morgan fingerprint density at radius 2 is 0.714 bits per heavy atom. The van der Waals surface area contributed by atoms with Crippen LogP contribution in [0.25, 0.3) is 0 Å². The van der Waals surface area contributed by atoms with Gasteiger partial charge in [0.25, 0.3) is 0 Å². The highest BCUT2D eigenvalue weighted by atomic mass is 16.7. The molecule has 0 spiro atoms. The average molecular weight is 998 g/mol. The van der Waals surface area contributed by atoms with E-state index in [1.165, 1.54) is 77.0 Å². The highest BCUT2D eigenvalue weighted by molar-refractivity contribution is 5.69. The van der Waals surface area contributed by atoms with Crippen LogP contribution in [0.1, 0.15) is 260 Å². The largest absolute Gasteiger partial charge is 0.508 e. The van der Waals surface area contributed by atoms with Gasteiger partial charge in [-0.1, -0.05) is 164 Å². The van der Waals surface area contributed by atoms with E-state index < -0.39 is 12.3 Å². The molecule has 2 atom stereocenters. The van der Waals surface area contributed by atoms with Crippen LogP contribution in [-0.2, 0) is 38.0 Å². The van der Waals surface area contributed by atoms with Crippen LogP contribution in [0.3, 0.4) is 0 Å². The molecule has 0 amide bonds. The molecule has 0 heterocycles. The molecule has 0 aliphatic carbocycles. The Hall–Kier alpha value is -2.60. The Bertz CT molecular complexity index is 1100. The van der Waals surface area contributed by atoms with Gasteiger partial charge >= 0.3 is 24.2 Å². The van der Waals surface area contributed by atoms with Crippen LogP contribution in [0, 0.1) is 11.8 Å². The number of unbranched alkanes of at least 4 members (excludes halogenated alkanes) is 14. The number of ether oxygens (including phenoxy) is 6. The lowest BCUT2D eigenvalue weighted by Gasteiger charge is -2.24. The van der Waals surface area contributed by atoms with E-state index in [0.29, 0.717) is 76.7 Å². The van der Waals surface area contributed by atoms with Crippen LogP contribution in [-0.4, -0.2) is 112 Å². The normalized spacial score (nSPS) is 12.5. The molecule has 0 bridgehead atoms. The Labute approximate surface area is 430 Å². The van der Waals surface area contributed by atoms with Gasteiger partial charge in [-0.2, -0.15) is 0 Å². The van der Waals surface area contributed by atoms with Crippen molar-refractivity contribution in [1.29, 1.82) is 0 Å². The topological polar surface area (TPSA) is 130 Å². The first-order chi connectivity index (χ1) is 34.0. The summed E-state index contributed by atoms with van der Waals surface area (Å²) >= 11 is 0. The van der Waals surface area contributed by atoms with Gasteiger partial charge in [0.05, 0.1) is 13.2 Å². The third-order valence-electron chi connectivity index (χ3n) is 13.7. The van der Waals surface area contributed by atoms with E-state index >= 15 is 0 Å². The van der Waals surface area contributed by atoms with E-state index in [1.807, 2.05) is 0 Å². The SMILES string of the molecule is CCCCCCC(CCCC(=O)OCC(CCCCC)CCCCC)OC(=O)OCCN(CCCN(C)CC)CCOC(=O)OC(CCCCCC)CCCC(=O)OCC(CCCCC)CCCCC. The lowest BCUT2D eigenvalue weighted by Crippen LogP contribution is -2.35. The monoisotopic (exact) mass is 997 g/mol. The van der Waals surface area contributed by atoms with E-state index in [9.17, 15) is 19.2 Å². The van der Waals surface area contributed by atoms with Crippen LogP contribution in [0.4, 0.5) is 9.59 Å². The fraction of sp³-hybridized carbons (Fsp3) is 0.931. The first-order valence-electron chi connectivity index (χ1n) is 29.4. The predicted octanol–water partition coefficient (Wildman–Crippen LogP) is 15.6. The van der Waals surface area contributed by atoms with Crippen molar-refractivity contribution in [3.05, 3.63) is 0 Å². The molecular formula is C58H112N2O10. The number of nitrogens with zero attached hydrogens (tertiary/aromatic N) is 2. The fourth-order valence-corrected chi connectivity index (χ4v) is 8.90. The third-order valence-corrected chi connectivity index (χ3v) is 13.7. The van der Waals surface area contributed by atoms with Gasteiger partial charge < -0.3 is 33.3 Å². The van der Waals surface area contributed by atoms with Gasteiger partial charge in [-0.25, -0.2) is 9.59 Å². The molecule has 0 saturated heterocycles. The van der Waals surface area contributed by atoms with Gasteiger partial charge in [-0.05, 0) is 122 Å². The Balaban J connectivity index is 5.24. The maximum atomic E-state index is 13.1. The number of carbonyl (C=O) groups excluding carboxylic acids is 4. The van der Waals surface area contributed by atoms with E-state index in [4.69, 9.17) is 28.4 Å². The first-order valence-corrected chi connectivity index (χ1v) is 29.4. The van der Waals surface area contributed by atoms with Crippen molar-refractivity contribution in [1.82, 2.24) is 9.80 Å². The van der Waals surface area contributed by atoms with Gasteiger partial charge in [-0.3, -0.25) is 14.5 Å². The molecule has 0 saturated carbocycles. The standard InChI is InChI=1S/C58H112N2O10/c1-9-16-22-28-37-53(39-30-41-55(61)67-49-51(33-24-18-11-3)34-25-19-12-4)69-57(63)65-47-45-60(44-32-43-59(8)15-7)46-48-66-58(64)70-54(38-29-23-17-10-2)40-31-42-56(62)68-50-52(35-26-20-13-5)36-27-21-14-6/h51-54H,9-50H2,1-8H3. The van der Waals surface area contributed by atoms with Gasteiger partial charge in [-0.15, -0.1) is 0 Å². The van der Waals surface area contributed by atoms with Crippen LogP contribution < -0.4 is 0 Å². The van der Waals surface area contributed by atoms with E-state index in [-0.39, 0.29) is 37.4 Å². The molecule has 70 heavy (non-hydrogen) atoms. The Kier molecular flexibility index (Phi) is 48.1. The molecular weight excluding hydrogens is 885 g/mol. The first kappa shape index (κ1) is 67.4. The molecule has 0 rings (SSSR count). The van der Waals surface area contributed by atoms with Crippen LogP contribution in [0.5, 0.6) is 0 Å². The highest BCUT2D eigenvalue weighted by Gasteiger charge is 2.21. The van der Waals surface area contributed by atoms with Crippen LogP contribution >= 0.6 is 0 Å². The highest BCUT2D eigenvalue weighted by Crippen LogP contribution is 2.22. The lowest BCUT2D eigenvalue weighted by atomic mass is 9.96. The maximum absolute atomic E-state index is 13.1. The average Bonchev–Trinajstić information content (AvgIpc) is 3.34. The van der Waals surface area contributed by atoms with Crippen molar-refractivity contribution in [3.8, 4) is 0 Å².